The van der Waals surface area contributed by atoms with Crippen molar-refractivity contribution < 1.29 is 14.5 Å². The summed E-state index contributed by atoms with van der Waals surface area (Å²) in [5.74, 6) is 0.903. The number of rotatable bonds is 5. The summed E-state index contributed by atoms with van der Waals surface area (Å²) in [4.78, 5) is 27.3. The van der Waals surface area contributed by atoms with Gasteiger partial charge in [-0.2, -0.15) is 10.1 Å². The molecule has 10 heteroatoms. The van der Waals surface area contributed by atoms with Crippen LogP contribution in [-0.2, 0) is 7.05 Å². The Balaban J connectivity index is 1.77. The number of hydrogen-bond acceptors (Lipinski definition) is 7. The second-order valence-electron chi connectivity index (χ2n) is 6.04. The number of anilines is 1. The number of carbonyl (C=O) groups is 1. The molecule has 138 valence electrons. The smallest absolute Gasteiger partial charge is 0.310 e. The molecule has 26 heavy (non-hydrogen) atoms. The predicted molar refractivity (Wildman–Crippen MR) is 93.4 cm³/mol. The summed E-state index contributed by atoms with van der Waals surface area (Å²) in [6.07, 6.45) is 1.91. The first-order valence-electron chi connectivity index (χ1n) is 8.25. The molecule has 1 fully saturated rings. The highest BCUT2D eigenvalue weighted by molar-refractivity contribution is 6.03. The largest absolute Gasteiger partial charge is 0.490 e. The van der Waals surface area contributed by atoms with Crippen molar-refractivity contribution in [2.45, 2.75) is 18.8 Å². The third-order valence-corrected chi connectivity index (χ3v) is 4.35. The number of ether oxygens (including phenoxy) is 1. The fraction of sp³-hybridized carbons (Fsp3) is 0.438. The average molecular weight is 360 g/mol. The number of carbonyl (C=O) groups excluding carboxylic acids is 1. The van der Waals surface area contributed by atoms with E-state index in [-0.39, 0.29) is 22.9 Å². The molecular weight excluding hydrogens is 340 g/mol. The number of aryl methyl sites for hydroxylation is 1. The Labute approximate surface area is 149 Å². The van der Waals surface area contributed by atoms with Crippen LogP contribution in [0.15, 0.2) is 18.2 Å². The zero-order chi connectivity index (χ0) is 18.7. The van der Waals surface area contributed by atoms with Crippen LogP contribution >= 0.6 is 0 Å². The maximum Gasteiger partial charge on any atom is 0.310 e. The Kier molecular flexibility index (Phi) is 5.12. The summed E-state index contributed by atoms with van der Waals surface area (Å²) in [7, 11) is 3.03. The van der Waals surface area contributed by atoms with E-state index in [0.29, 0.717) is 11.8 Å². The Hall–Kier alpha value is -3.01. The number of nitro groups is 1. The molecule has 1 saturated heterocycles. The van der Waals surface area contributed by atoms with E-state index in [1.54, 1.807) is 7.05 Å². The van der Waals surface area contributed by atoms with Crippen molar-refractivity contribution in [1.82, 2.24) is 20.1 Å². The number of aromatic nitrogens is 3. The molecule has 0 saturated carbocycles. The van der Waals surface area contributed by atoms with Crippen molar-refractivity contribution in [3.63, 3.8) is 0 Å². The fourth-order valence-electron chi connectivity index (χ4n) is 2.91. The fourth-order valence-corrected chi connectivity index (χ4v) is 2.91. The molecule has 0 aliphatic carbocycles. The molecule has 0 spiro atoms. The van der Waals surface area contributed by atoms with E-state index in [4.69, 9.17) is 4.74 Å². The third kappa shape index (κ3) is 3.64. The van der Waals surface area contributed by atoms with E-state index in [9.17, 15) is 14.9 Å². The molecule has 1 aliphatic heterocycles. The Morgan fingerprint density at radius 3 is 2.81 bits per heavy atom. The predicted octanol–water partition coefficient (Wildman–Crippen LogP) is 1.45. The number of nitro benzene ring substituents is 1. The van der Waals surface area contributed by atoms with Gasteiger partial charge in [-0.25, -0.2) is 4.68 Å². The second kappa shape index (κ2) is 7.48. The molecule has 3 rings (SSSR count). The normalized spacial score (nSPS) is 14.8. The summed E-state index contributed by atoms with van der Waals surface area (Å²) in [6, 6.07) is 3.95. The van der Waals surface area contributed by atoms with Crippen molar-refractivity contribution in [3.8, 4) is 5.75 Å². The molecule has 1 amide bonds. The van der Waals surface area contributed by atoms with Crippen molar-refractivity contribution in [1.29, 1.82) is 0 Å². The highest BCUT2D eigenvalue weighted by Gasteiger charge is 2.22. The molecule has 1 aromatic carbocycles. The molecule has 0 unspecified atom stereocenters. The van der Waals surface area contributed by atoms with Gasteiger partial charge >= 0.3 is 5.69 Å². The van der Waals surface area contributed by atoms with Gasteiger partial charge in [0.05, 0.1) is 12.0 Å². The van der Waals surface area contributed by atoms with Gasteiger partial charge < -0.3 is 10.1 Å². The zero-order valence-electron chi connectivity index (χ0n) is 14.6. The van der Waals surface area contributed by atoms with E-state index in [0.717, 1.165) is 25.9 Å². The van der Waals surface area contributed by atoms with Crippen LogP contribution in [0.5, 0.6) is 5.75 Å². The number of nitrogens with zero attached hydrogens (tertiary/aromatic N) is 4. The first kappa shape index (κ1) is 17.8. The topological polar surface area (TPSA) is 124 Å². The number of hydrogen-bond donors (Lipinski definition) is 2. The lowest BCUT2D eigenvalue weighted by Gasteiger charge is -2.19. The maximum atomic E-state index is 12.5. The Bertz CT molecular complexity index is 828. The Morgan fingerprint density at radius 2 is 2.15 bits per heavy atom. The molecule has 2 aromatic rings. The molecule has 2 N–H and O–H groups in total. The van der Waals surface area contributed by atoms with E-state index < -0.39 is 10.8 Å². The Morgan fingerprint density at radius 1 is 1.42 bits per heavy atom. The average Bonchev–Trinajstić information content (AvgIpc) is 3.02. The van der Waals surface area contributed by atoms with Gasteiger partial charge in [0.1, 0.15) is 0 Å². The number of nitrogens with one attached hydrogen (secondary N) is 2. The monoisotopic (exact) mass is 360 g/mol. The summed E-state index contributed by atoms with van der Waals surface area (Å²) in [6.45, 7) is 1.85. The molecule has 2 heterocycles. The summed E-state index contributed by atoms with van der Waals surface area (Å²) in [5.41, 5.74) is 0.0368. The molecule has 0 atom stereocenters. The van der Waals surface area contributed by atoms with Crippen molar-refractivity contribution in [2.24, 2.45) is 7.05 Å². The summed E-state index contributed by atoms with van der Waals surface area (Å²) in [5, 5.41) is 21.3. The minimum atomic E-state index is -0.561. The zero-order valence-corrected chi connectivity index (χ0v) is 14.6. The number of amides is 1. The van der Waals surface area contributed by atoms with E-state index >= 15 is 0 Å². The van der Waals surface area contributed by atoms with Crippen LogP contribution in [0.1, 0.15) is 34.9 Å². The van der Waals surface area contributed by atoms with Gasteiger partial charge in [0, 0.05) is 30.7 Å². The molecule has 0 bridgehead atoms. The van der Waals surface area contributed by atoms with Crippen LogP contribution in [-0.4, -0.2) is 45.8 Å². The summed E-state index contributed by atoms with van der Waals surface area (Å²) >= 11 is 0. The van der Waals surface area contributed by atoms with Crippen LogP contribution < -0.4 is 15.4 Å². The van der Waals surface area contributed by atoms with Crippen LogP contribution in [0.4, 0.5) is 11.6 Å². The van der Waals surface area contributed by atoms with Gasteiger partial charge in [0.2, 0.25) is 5.95 Å². The minimum absolute atomic E-state index is 0.0241. The van der Waals surface area contributed by atoms with Crippen LogP contribution in [0.25, 0.3) is 0 Å². The van der Waals surface area contributed by atoms with Crippen LogP contribution in [0, 0.1) is 10.1 Å². The van der Waals surface area contributed by atoms with Crippen LogP contribution in [0.3, 0.4) is 0 Å². The van der Waals surface area contributed by atoms with E-state index in [1.807, 2.05) is 0 Å². The summed E-state index contributed by atoms with van der Waals surface area (Å²) < 4.78 is 6.52. The van der Waals surface area contributed by atoms with Crippen molar-refractivity contribution in [3.05, 3.63) is 39.7 Å². The number of methoxy groups -OCH3 is 1. The van der Waals surface area contributed by atoms with Gasteiger partial charge in [-0.05, 0) is 32.0 Å². The van der Waals surface area contributed by atoms with Gasteiger partial charge in [0.15, 0.2) is 11.6 Å². The van der Waals surface area contributed by atoms with E-state index in [2.05, 4.69) is 20.7 Å². The quantitative estimate of drug-likeness (QED) is 0.611. The van der Waals surface area contributed by atoms with Gasteiger partial charge in [-0.15, -0.1) is 0 Å². The molecule has 0 radical (unpaired) electrons. The van der Waals surface area contributed by atoms with Crippen molar-refractivity contribution >= 4 is 17.5 Å². The van der Waals surface area contributed by atoms with Gasteiger partial charge in [-0.3, -0.25) is 20.2 Å². The molecule has 10 nitrogen and oxygen atoms in total. The second-order valence-corrected chi connectivity index (χ2v) is 6.04. The lowest BCUT2D eigenvalue weighted by Crippen LogP contribution is -2.27. The molecular formula is C16H20N6O4. The minimum Gasteiger partial charge on any atom is -0.490 e. The van der Waals surface area contributed by atoms with Crippen molar-refractivity contribution in [2.75, 3.05) is 25.5 Å². The highest BCUT2D eigenvalue weighted by Crippen LogP contribution is 2.28. The molecule has 1 aliphatic rings. The molecule has 1 aromatic heterocycles. The lowest BCUT2D eigenvalue weighted by atomic mass is 9.98. The third-order valence-electron chi connectivity index (χ3n) is 4.35. The number of benzene rings is 1. The maximum absolute atomic E-state index is 12.5. The van der Waals surface area contributed by atoms with Gasteiger partial charge in [0.25, 0.3) is 5.91 Å². The standard InChI is InChI=1S/C16H20N6O4/c1-21-16(18-14(20-21)10-5-7-17-8-6-10)19-15(23)11-3-4-12(22(24)25)13(9-11)26-2/h3-4,9-10,17H,5-8H2,1-2H3,(H,18,19,20,23). The SMILES string of the molecule is COc1cc(C(=O)Nc2nc(C3CCNCC3)nn2C)ccc1[N+](=O)[O-]. The first-order valence-corrected chi connectivity index (χ1v) is 8.25. The highest BCUT2D eigenvalue weighted by atomic mass is 16.6. The number of piperidine rings is 1. The lowest BCUT2D eigenvalue weighted by molar-refractivity contribution is -0.385. The first-order chi connectivity index (χ1) is 12.5. The van der Waals surface area contributed by atoms with E-state index in [1.165, 1.54) is 30.0 Å². The van der Waals surface area contributed by atoms with Gasteiger partial charge in [-0.1, -0.05) is 0 Å². The van der Waals surface area contributed by atoms with Crippen LogP contribution in [0.2, 0.25) is 0 Å².